The number of anilines is 1. The molecule has 8 nitrogen and oxygen atoms in total. The van der Waals surface area contributed by atoms with Crippen LogP contribution in [0.25, 0.3) is 10.8 Å². The zero-order valence-corrected chi connectivity index (χ0v) is 20.2. The molecule has 0 aliphatic carbocycles. The van der Waals surface area contributed by atoms with E-state index in [1.54, 1.807) is 60.7 Å². The van der Waals surface area contributed by atoms with Gasteiger partial charge in [-0.2, -0.15) is 10.2 Å². The van der Waals surface area contributed by atoms with Gasteiger partial charge in [0.2, 0.25) is 0 Å². The van der Waals surface area contributed by atoms with E-state index in [1.807, 2.05) is 26.0 Å². The molecule has 0 aliphatic heterocycles. The number of nitrogens with zero attached hydrogens (tertiary/aromatic N) is 3. The van der Waals surface area contributed by atoms with Gasteiger partial charge in [0.05, 0.1) is 11.6 Å². The average molecular weight is 482 g/mol. The Morgan fingerprint density at radius 1 is 0.972 bits per heavy atom. The minimum Gasteiger partial charge on any atom is -0.322 e. The Kier molecular flexibility index (Phi) is 7.65. The Hall–Kier alpha value is -4.59. The van der Waals surface area contributed by atoms with E-state index >= 15 is 0 Å². The number of benzene rings is 3. The largest absolute Gasteiger partial charge is 0.322 e. The molecule has 4 rings (SSSR count). The number of hydrogen-bond donors (Lipinski definition) is 2. The summed E-state index contributed by atoms with van der Waals surface area (Å²) in [4.78, 5) is 38.1. The molecule has 2 amide bonds. The summed E-state index contributed by atoms with van der Waals surface area (Å²) in [6.07, 6.45) is 3.16. The van der Waals surface area contributed by atoms with Crippen LogP contribution in [0, 0.1) is 6.92 Å². The molecule has 8 heteroatoms. The van der Waals surface area contributed by atoms with Gasteiger partial charge < -0.3 is 5.32 Å². The Bertz CT molecular complexity index is 1490. The van der Waals surface area contributed by atoms with Gasteiger partial charge in [0.1, 0.15) is 0 Å². The van der Waals surface area contributed by atoms with Crippen molar-refractivity contribution in [2.75, 3.05) is 5.32 Å². The number of hydrogen-bond acceptors (Lipinski definition) is 5. The predicted octanol–water partition coefficient (Wildman–Crippen LogP) is 4.52. The van der Waals surface area contributed by atoms with Crippen LogP contribution < -0.4 is 16.3 Å². The maximum Gasteiger partial charge on any atom is 0.292 e. The number of aromatic nitrogens is 2. The van der Waals surface area contributed by atoms with Gasteiger partial charge in [0.15, 0.2) is 5.69 Å². The molecule has 2 N–H and O–H groups in total. The van der Waals surface area contributed by atoms with E-state index in [2.05, 4.69) is 20.9 Å². The molecule has 0 saturated heterocycles. The van der Waals surface area contributed by atoms with Crippen molar-refractivity contribution >= 4 is 34.5 Å². The lowest BCUT2D eigenvalue weighted by Gasteiger charge is -2.09. The van der Waals surface area contributed by atoms with Crippen molar-refractivity contribution in [1.82, 2.24) is 15.2 Å². The van der Waals surface area contributed by atoms with Gasteiger partial charge in [-0.15, -0.1) is 0 Å². The van der Waals surface area contributed by atoms with E-state index in [-0.39, 0.29) is 17.2 Å². The fourth-order valence-electron chi connectivity index (χ4n) is 3.69. The van der Waals surface area contributed by atoms with Crippen molar-refractivity contribution < 1.29 is 9.59 Å². The van der Waals surface area contributed by atoms with Crippen molar-refractivity contribution in [1.29, 1.82) is 0 Å². The van der Waals surface area contributed by atoms with E-state index in [1.165, 1.54) is 10.9 Å². The van der Waals surface area contributed by atoms with E-state index in [9.17, 15) is 14.4 Å². The first kappa shape index (κ1) is 24.5. The first-order chi connectivity index (χ1) is 17.5. The van der Waals surface area contributed by atoms with Crippen LogP contribution in [0.2, 0.25) is 0 Å². The number of hydrazone groups is 1. The molecular formula is C28H27N5O3. The van der Waals surface area contributed by atoms with Crippen LogP contribution in [-0.2, 0) is 6.54 Å². The van der Waals surface area contributed by atoms with Crippen molar-refractivity contribution in [3.05, 3.63) is 106 Å². The highest BCUT2D eigenvalue weighted by Gasteiger charge is 2.16. The molecule has 0 bridgehead atoms. The molecule has 0 radical (unpaired) electrons. The molecule has 0 aliphatic rings. The van der Waals surface area contributed by atoms with Crippen molar-refractivity contribution in [3.8, 4) is 0 Å². The van der Waals surface area contributed by atoms with Crippen LogP contribution in [-0.4, -0.2) is 27.8 Å². The third kappa shape index (κ3) is 5.72. The van der Waals surface area contributed by atoms with Gasteiger partial charge in [0.25, 0.3) is 17.4 Å². The first-order valence-electron chi connectivity index (χ1n) is 11.8. The smallest absolute Gasteiger partial charge is 0.292 e. The fourth-order valence-corrected chi connectivity index (χ4v) is 3.69. The number of amides is 2. The van der Waals surface area contributed by atoms with Gasteiger partial charge in [-0.25, -0.2) is 10.1 Å². The molecule has 0 saturated carbocycles. The van der Waals surface area contributed by atoms with Crippen molar-refractivity contribution in [2.45, 2.75) is 33.2 Å². The van der Waals surface area contributed by atoms with E-state index in [4.69, 9.17) is 0 Å². The van der Waals surface area contributed by atoms with Gasteiger partial charge in [-0.3, -0.25) is 14.4 Å². The van der Waals surface area contributed by atoms with Gasteiger partial charge in [-0.05, 0) is 49.2 Å². The van der Waals surface area contributed by atoms with Crippen LogP contribution in [0.5, 0.6) is 0 Å². The molecule has 1 aromatic heterocycles. The lowest BCUT2D eigenvalue weighted by Crippen LogP contribution is -2.29. The third-order valence-electron chi connectivity index (χ3n) is 5.64. The third-order valence-corrected chi connectivity index (χ3v) is 5.64. The zero-order chi connectivity index (χ0) is 25.5. The summed E-state index contributed by atoms with van der Waals surface area (Å²) in [7, 11) is 0. The second kappa shape index (κ2) is 11.2. The molecule has 0 atom stereocenters. The van der Waals surface area contributed by atoms with Crippen LogP contribution in [0.4, 0.5) is 5.69 Å². The van der Waals surface area contributed by atoms with Crippen LogP contribution in [0.15, 0.2) is 82.7 Å². The fraction of sp³-hybridized carbons (Fsp3) is 0.179. The summed E-state index contributed by atoms with van der Waals surface area (Å²) in [6.45, 7) is 4.42. The number of fused-ring (bicyclic) bond motifs is 1. The standard InChI is InChI=1S/C28H27N5O3/c1-3-4-16-33-28(36)24-11-6-5-10-23(24)25(32-33)27(35)31-29-18-20-8-7-9-22(17-20)30-26(34)21-14-12-19(2)13-15-21/h5-15,17-18H,3-4,16H2,1-2H3,(H,30,34)(H,31,35)/b29-18+. The zero-order valence-electron chi connectivity index (χ0n) is 20.2. The van der Waals surface area contributed by atoms with Gasteiger partial charge in [-0.1, -0.05) is 61.4 Å². The van der Waals surface area contributed by atoms with Crippen LogP contribution in [0.3, 0.4) is 0 Å². The number of nitrogens with one attached hydrogen (secondary N) is 2. The normalized spacial score (nSPS) is 11.1. The molecule has 0 fully saturated rings. The summed E-state index contributed by atoms with van der Waals surface area (Å²) < 4.78 is 1.34. The quantitative estimate of drug-likeness (QED) is 0.285. The van der Waals surface area contributed by atoms with Crippen LogP contribution in [0.1, 0.15) is 51.7 Å². The lowest BCUT2D eigenvalue weighted by atomic mass is 10.1. The number of aryl methyl sites for hydroxylation is 2. The van der Waals surface area contributed by atoms with E-state index in [0.717, 1.165) is 18.4 Å². The highest BCUT2D eigenvalue weighted by molar-refractivity contribution is 6.05. The average Bonchev–Trinajstić information content (AvgIpc) is 2.89. The molecular weight excluding hydrogens is 454 g/mol. The Morgan fingerprint density at radius 2 is 1.72 bits per heavy atom. The summed E-state index contributed by atoms with van der Waals surface area (Å²) in [5.41, 5.74) is 5.34. The maximum atomic E-state index is 12.9. The Labute approximate surface area is 208 Å². The molecule has 0 spiro atoms. The summed E-state index contributed by atoms with van der Waals surface area (Å²) in [5, 5.41) is 12.2. The SMILES string of the molecule is CCCCn1nc(C(=O)N/N=C/c2cccc(NC(=O)c3ccc(C)cc3)c2)c2ccccc2c1=O. The van der Waals surface area contributed by atoms with Gasteiger partial charge in [0, 0.05) is 23.2 Å². The monoisotopic (exact) mass is 481 g/mol. The van der Waals surface area contributed by atoms with Crippen molar-refractivity contribution in [2.24, 2.45) is 5.10 Å². The molecule has 1 heterocycles. The molecule has 3 aromatic carbocycles. The van der Waals surface area contributed by atoms with Crippen LogP contribution >= 0.6 is 0 Å². The Balaban J connectivity index is 1.49. The lowest BCUT2D eigenvalue weighted by molar-refractivity contribution is 0.0948. The highest BCUT2D eigenvalue weighted by Crippen LogP contribution is 2.14. The minimum atomic E-state index is -0.517. The maximum absolute atomic E-state index is 12.9. The number of carbonyl (C=O) groups excluding carboxylic acids is 2. The van der Waals surface area contributed by atoms with Gasteiger partial charge >= 0.3 is 0 Å². The summed E-state index contributed by atoms with van der Waals surface area (Å²) in [6, 6.07) is 21.3. The van der Waals surface area contributed by atoms with E-state index < -0.39 is 5.91 Å². The second-order valence-electron chi connectivity index (χ2n) is 8.42. The van der Waals surface area contributed by atoms with Crippen molar-refractivity contribution in [3.63, 3.8) is 0 Å². The topological polar surface area (TPSA) is 105 Å². The number of carbonyl (C=O) groups is 2. The minimum absolute atomic E-state index is 0.137. The number of rotatable bonds is 8. The van der Waals surface area contributed by atoms with E-state index in [0.29, 0.717) is 34.1 Å². The Morgan fingerprint density at radius 3 is 2.47 bits per heavy atom. The second-order valence-corrected chi connectivity index (χ2v) is 8.42. The molecule has 182 valence electrons. The summed E-state index contributed by atoms with van der Waals surface area (Å²) >= 11 is 0. The molecule has 4 aromatic rings. The first-order valence-corrected chi connectivity index (χ1v) is 11.8. The summed E-state index contributed by atoms with van der Waals surface area (Å²) in [5.74, 6) is -0.731. The molecule has 0 unspecified atom stereocenters. The highest BCUT2D eigenvalue weighted by atomic mass is 16.2. The predicted molar refractivity (Wildman–Crippen MR) is 142 cm³/mol. The number of unbranched alkanes of at least 4 members (excludes halogenated alkanes) is 1. The molecule has 36 heavy (non-hydrogen) atoms.